The van der Waals surface area contributed by atoms with Crippen LogP contribution in [0.1, 0.15) is 61.6 Å². The summed E-state index contributed by atoms with van der Waals surface area (Å²) >= 11 is 1.86. The average molecular weight is 280 g/mol. The molecule has 1 aromatic heterocycles. The molecule has 0 atom stereocenters. The number of thiazole rings is 1. The van der Waals surface area contributed by atoms with Crippen LogP contribution in [0.2, 0.25) is 0 Å². The second-order valence-corrected chi connectivity index (χ2v) is 6.91. The summed E-state index contributed by atoms with van der Waals surface area (Å²) in [7, 11) is 0. The molecule has 2 aliphatic rings. The SMILES string of the molecule is OC1CCN(Cc2csc(C3CCCCC3)n2)CC1. The monoisotopic (exact) mass is 280 g/mol. The fourth-order valence-corrected chi connectivity index (χ4v) is 4.22. The first kappa shape index (κ1) is 13.5. The van der Waals surface area contributed by atoms with E-state index in [-0.39, 0.29) is 6.10 Å². The molecule has 0 aromatic carbocycles. The van der Waals surface area contributed by atoms with Crippen LogP contribution in [0.15, 0.2) is 5.38 Å². The van der Waals surface area contributed by atoms with Crippen LogP contribution in [0.4, 0.5) is 0 Å². The van der Waals surface area contributed by atoms with Gasteiger partial charge in [0.15, 0.2) is 0 Å². The topological polar surface area (TPSA) is 36.4 Å². The second-order valence-electron chi connectivity index (χ2n) is 6.02. The Kier molecular flexibility index (Phi) is 4.51. The van der Waals surface area contributed by atoms with Crippen LogP contribution in [-0.4, -0.2) is 34.2 Å². The van der Waals surface area contributed by atoms with Crippen LogP contribution in [0.5, 0.6) is 0 Å². The van der Waals surface area contributed by atoms with Crippen LogP contribution in [0.25, 0.3) is 0 Å². The van der Waals surface area contributed by atoms with Gasteiger partial charge in [0.05, 0.1) is 16.8 Å². The first-order chi connectivity index (χ1) is 9.31. The quantitative estimate of drug-likeness (QED) is 0.924. The molecule has 3 nitrogen and oxygen atoms in total. The van der Waals surface area contributed by atoms with Gasteiger partial charge in [-0.2, -0.15) is 0 Å². The second kappa shape index (κ2) is 6.33. The maximum atomic E-state index is 9.53. The van der Waals surface area contributed by atoms with E-state index in [2.05, 4.69) is 10.3 Å². The molecule has 0 bridgehead atoms. The van der Waals surface area contributed by atoms with E-state index in [1.54, 1.807) is 0 Å². The number of aliphatic hydroxyl groups is 1. The van der Waals surface area contributed by atoms with Gasteiger partial charge < -0.3 is 5.11 Å². The van der Waals surface area contributed by atoms with Crippen LogP contribution < -0.4 is 0 Å². The predicted octanol–water partition coefficient (Wildman–Crippen LogP) is 3.15. The number of nitrogens with zero attached hydrogens (tertiary/aromatic N) is 2. The lowest BCUT2D eigenvalue weighted by Crippen LogP contribution is -2.35. The minimum absolute atomic E-state index is 0.0792. The third-order valence-electron chi connectivity index (χ3n) is 4.47. The lowest BCUT2D eigenvalue weighted by molar-refractivity contribution is 0.0787. The molecule has 3 rings (SSSR count). The van der Waals surface area contributed by atoms with Gasteiger partial charge >= 0.3 is 0 Å². The maximum Gasteiger partial charge on any atom is 0.0959 e. The van der Waals surface area contributed by atoms with Crippen molar-refractivity contribution in [3.8, 4) is 0 Å². The molecule has 0 amide bonds. The molecule has 0 spiro atoms. The zero-order chi connectivity index (χ0) is 13.1. The molecular formula is C15H24N2OS. The zero-order valence-electron chi connectivity index (χ0n) is 11.6. The highest BCUT2D eigenvalue weighted by Crippen LogP contribution is 2.34. The van der Waals surface area contributed by atoms with Crippen LogP contribution in [0, 0.1) is 0 Å². The van der Waals surface area contributed by atoms with Crippen molar-refractivity contribution in [2.75, 3.05) is 13.1 Å². The van der Waals surface area contributed by atoms with Crippen molar-refractivity contribution in [1.82, 2.24) is 9.88 Å². The fraction of sp³-hybridized carbons (Fsp3) is 0.800. The van der Waals surface area contributed by atoms with Gasteiger partial charge in [0.2, 0.25) is 0 Å². The van der Waals surface area contributed by atoms with E-state index >= 15 is 0 Å². The number of rotatable bonds is 3. The highest BCUT2D eigenvalue weighted by molar-refractivity contribution is 7.09. The summed E-state index contributed by atoms with van der Waals surface area (Å²) in [4.78, 5) is 7.28. The van der Waals surface area contributed by atoms with Crippen molar-refractivity contribution >= 4 is 11.3 Å². The van der Waals surface area contributed by atoms with Gasteiger partial charge in [-0.05, 0) is 25.7 Å². The van der Waals surface area contributed by atoms with Crippen molar-refractivity contribution in [2.24, 2.45) is 0 Å². The number of likely N-dealkylation sites (tertiary alicyclic amines) is 1. The summed E-state index contributed by atoms with van der Waals surface area (Å²) in [6, 6.07) is 0. The third kappa shape index (κ3) is 3.56. The molecule has 2 heterocycles. The highest BCUT2D eigenvalue weighted by Gasteiger charge is 2.21. The van der Waals surface area contributed by atoms with Crippen LogP contribution >= 0.6 is 11.3 Å². The van der Waals surface area contributed by atoms with Gasteiger partial charge in [-0.25, -0.2) is 4.98 Å². The van der Waals surface area contributed by atoms with E-state index in [0.717, 1.165) is 38.4 Å². The number of hydrogen-bond acceptors (Lipinski definition) is 4. The summed E-state index contributed by atoms with van der Waals surface area (Å²) in [5.41, 5.74) is 1.24. The van der Waals surface area contributed by atoms with E-state index in [1.807, 2.05) is 11.3 Å². The standard InChI is InChI=1S/C15H24N2OS/c18-14-6-8-17(9-7-14)10-13-11-19-15(16-13)12-4-2-1-3-5-12/h11-12,14,18H,1-10H2. The summed E-state index contributed by atoms with van der Waals surface area (Å²) < 4.78 is 0. The van der Waals surface area contributed by atoms with Crippen molar-refractivity contribution in [2.45, 2.75) is 63.5 Å². The van der Waals surface area contributed by atoms with Gasteiger partial charge in [0.25, 0.3) is 0 Å². The summed E-state index contributed by atoms with van der Waals surface area (Å²) in [5, 5.41) is 13.1. The smallest absolute Gasteiger partial charge is 0.0959 e. The van der Waals surface area contributed by atoms with Crippen molar-refractivity contribution < 1.29 is 5.11 Å². The van der Waals surface area contributed by atoms with Crippen molar-refractivity contribution in [1.29, 1.82) is 0 Å². The van der Waals surface area contributed by atoms with Gasteiger partial charge in [-0.1, -0.05) is 19.3 Å². The van der Waals surface area contributed by atoms with Crippen molar-refractivity contribution in [3.63, 3.8) is 0 Å². The molecule has 106 valence electrons. The van der Waals surface area contributed by atoms with Crippen LogP contribution in [-0.2, 0) is 6.54 Å². The van der Waals surface area contributed by atoms with E-state index in [0.29, 0.717) is 0 Å². The van der Waals surface area contributed by atoms with E-state index in [9.17, 15) is 5.11 Å². The lowest BCUT2D eigenvalue weighted by atomic mass is 9.90. The van der Waals surface area contributed by atoms with E-state index in [1.165, 1.54) is 42.8 Å². The molecule has 1 saturated heterocycles. The molecule has 0 radical (unpaired) electrons. The Hall–Kier alpha value is -0.450. The molecule has 1 N–H and O–H groups in total. The Balaban J connectivity index is 1.55. The van der Waals surface area contributed by atoms with Gasteiger partial charge in [-0.15, -0.1) is 11.3 Å². The molecule has 4 heteroatoms. The maximum absolute atomic E-state index is 9.53. The summed E-state index contributed by atoms with van der Waals surface area (Å²) in [5.74, 6) is 0.732. The molecule has 19 heavy (non-hydrogen) atoms. The van der Waals surface area contributed by atoms with Gasteiger partial charge in [0, 0.05) is 30.9 Å². The molecule has 1 aliphatic carbocycles. The third-order valence-corrected chi connectivity index (χ3v) is 5.52. The molecule has 1 saturated carbocycles. The molecular weight excluding hydrogens is 256 g/mol. The molecule has 2 fully saturated rings. The average Bonchev–Trinajstić information content (AvgIpc) is 2.91. The fourth-order valence-electron chi connectivity index (χ4n) is 3.24. The number of piperidine rings is 1. The molecule has 0 unspecified atom stereocenters. The van der Waals surface area contributed by atoms with E-state index in [4.69, 9.17) is 4.98 Å². The Morgan fingerprint density at radius 1 is 1.16 bits per heavy atom. The number of aliphatic hydroxyl groups excluding tert-OH is 1. The summed E-state index contributed by atoms with van der Waals surface area (Å²) in [6.07, 6.45) is 8.59. The van der Waals surface area contributed by atoms with Gasteiger partial charge in [0.1, 0.15) is 0 Å². The Morgan fingerprint density at radius 3 is 2.63 bits per heavy atom. The largest absolute Gasteiger partial charge is 0.393 e. The molecule has 1 aromatic rings. The van der Waals surface area contributed by atoms with E-state index < -0.39 is 0 Å². The summed E-state index contributed by atoms with van der Waals surface area (Å²) in [6.45, 7) is 2.99. The zero-order valence-corrected chi connectivity index (χ0v) is 12.4. The predicted molar refractivity (Wildman–Crippen MR) is 78.5 cm³/mol. The number of hydrogen-bond donors (Lipinski definition) is 1. The van der Waals surface area contributed by atoms with Gasteiger partial charge in [-0.3, -0.25) is 4.90 Å². The lowest BCUT2D eigenvalue weighted by Gasteiger charge is -2.28. The van der Waals surface area contributed by atoms with Crippen LogP contribution in [0.3, 0.4) is 0 Å². The van der Waals surface area contributed by atoms with Crippen molar-refractivity contribution in [3.05, 3.63) is 16.1 Å². The Labute approximate surface area is 119 Å². The minimum Gasteiger partial charge on any atom is -0.393 e. The number of aromatic nitrogens is 1. The first-order valence-corrected chi connectivity index (χ1v) is 8.54. The normalized spacial score (nSPS) is 23.8. The first-order valence-electron chi connectivity index (χ1n) is 7.66. The minimum atomic E-state index is -0.0792. The Bertz CT molecular complexity index is 393. The Morgan fingerprint density at radius 2 is 1.89 bits per heavy atom. The highest BCUT2D eigenvalue weighted by atomic mass is 32.1. The molecule has 1 aliphatic heterocycles.